The highest BCUT2D eigenvalue weighted by Gasteiger charge is 2.41. The van der Waals surface area contributed by atoms with Crippen molar-refractivity contribution in [2.24, 2.45) is 0 Å². The summed E-state index contributed by atoms with van der Waals surface area (Å²) in [5, 5.41) is 2.34. The van der Waals surface area contributed by atoms with Crippen LogP contribution in [0.15, 0.2) is 127 Å². The number of rotatable bonds is 13. The minimum atomic E-state index is -2.45. The molecule has 0 fully saturated rings. The fourth-order valence-corrected chi connectivity index (χ4v) is 7.08. The number of hydrogen-bond donors (Lipinski definition) is 1. The number of fused-ring (bicyclic) bond motifs is 3. The van der Waals surface area contributed by atoms with Crippen LogP contribution in [0.4, 0.5) is 26.7 Å². The molecule has 7 rings (SSSR count). The Hall–Kier alpha value is -6.73. The largest absolute Gasteiger partial charge is 0.497 e. The van der Waals surface area contributed by atoms with Gasteiger partial charge in [0, 0.05) is 5.92 Å². The van der Waals surface area contributed by atoms with Gasteiger partial charge in [0.25, 0.3) is 0 Å². The number of methoxy groups -OCH3 is 2. The summed E-state index contributed by atoms with van der Waals surface area (Å²) in [5.41, 5.74) is 3.69. The van der Waals surface area contributed by atoms with E-state index in [4.69, 9.17) is 23.7 Å². The monoisotopic (exact) mass is 795 g/mol. The Kier molecular flexibility index (Phi) is 11.4. The van der Waals surface area contributed by atoms with E-state index in [0.29, 0.717) is 28.2 Å². The smallest absolute Gasteiger partial charge is 0.407 e. The maximum atomic E-state index is 14.8. The van der Waals surface area contributed by atoms with Crippen LogP contribution in [-0.4, -0.2) is 45.5 Å². The molecule has 13 heteroatoms. The SMILES string of the molecule is COc1ccc(C(OC[C@H](NC(=O)OCC2c3ccccc3-c3ccccc32)C(=O)Oc2c(F)c(F)c(F)c(F)c2F)(c2ccccc2)c2ccc(OC)cc2)cc1. The number of carbonyl (C=O) groups excluding carboxylic acids is 2. The van der Waals surface area contributed by atoms with E-state index in [1.165, 1.54) is 14.2 Å². The van der Waals surface area contributed by atoms with Crippen LogP contribution in [0.1, 0.15) is 33.7 Å². The van der Waals surface area contributed by atoms with E-state index in [-0.39, 0.29) is 12.5 Å². The lowest BCUT2D eigenvalue weighted by Gasteiger charge is -2.37. The van der Waals surface area contributed by atoms with Crippen molar-refractivity contribution < 1.29 is 55.2 Å². The molecule has 0 bridgehead atoms. The first-order valence-electron chi connectivity index (χ1n) is 17.9. The second kappa shape index (κ2) is 16.8. The summed E-state index contributed by atoms with van der Waals surface area (Å²) >= 11 is 0. The Labute approximate surface area is 329 Å². The van der Waals surface area contributed by atoms with E-state index in [1.54, 1.807) is 78.9 Å². The molecule has 1 N–H and O–H groups in total. The van der Waals surface area contributed by atoms with E-state index < -0.39 is 65.1 Å². The molecule has 0 unspecified atom stereocenters. The minimum absolute atomic E-state index is 0.189. The lowest BCUT2D eigenvalue weighted by Crippen LogP contribution is -2.49. The van der Waals surface area contributed by atoms with Crippen LogP contribution < -0.4 is 19.5 Å². The molecule has 0 saturated heterocycles. The van der Waals surface area contributed by atoms with Crippen molar-refractivity contribution in [3.8, 4) is 28.4 Å². The van der Waals surface area contributed by atoms with Crippen LogP contribution in [0.5, 0.6) is 17.2 Å². The quantitative estimate of drug-likeness (QED) is 0.0311. The highest BCUT2D eigenvalue weighted by atomic mass is 19.2. The number of ether oxygens (including phenoxy) is 5. The van der Waals surface area contributed by atoms with E-state index in [1.807, 2.05) is 48.5 Å². The predicted octanol–water partition coefficient (Wildman–Crippen LogP) is 9.22. The summed E-state index contributed by atoms with van der Waals surface area (Å²) in [4.78, 5) is 27.5. The molecular weight excluding hydrogens is 761 g/mol. The summed E-state index contributed by atoms with van der Waals surface area (Å²) in [6, 6.07) is 35.6. The standard InChI is InChI=1S/C45H34F5NO7/c1-54-29-20-16-27(17-21-29)45(26-10-4-3-5-11-26,28-18-22-30(55-2)23-19-28)57-25-36(43(52)58-42-40(49)38(47)37(46)39(48)41(42)50)51-44(53)56-24-35-33-14-8-6-12-31(33)32-13-7-9-15-34(32)35/h3-23,35-36H,24-25H2,1-2H3,(H,51,53)/t36-/m0/s1. The molecule has 8 nitrogen and oxygen atoms in total. The van der Waals surface area contributed by atoms with Crippen molar-refractivity contribution in [2.75, 3.05) is 27.4 Å². The molecule has 1 aliphatic rings. The number of alkyl carbamates (subject to hydrolysis) is 1. The second-order valence-corrected chi connectivity index (χ2v) is 13.2. The zero-order valence-electron chi connectivity index (χ0n) is 30.9. The Bertz CT molecular complexity index is 2320. The average molecular weight is 796 g/mol. The lowest BCUT2D eigenvalue weighted by atomic mass is 9.80. The first-order chi connectivity index (χ1) is 28.1. The summed E-state index contributed by atoms with van der Waals surface area (Å²) in [6.07, 6.45) is -1.16. The van der Waals surface area contributed by atoms with E-state index in [9.17, 15) is 31.5 Å². The van der Waals surface area contributed by atoms with Gasteiger partial charge in [0.1, 0.15) is 23.7 Å². The summed E-state index contributed by atoms with van der Waals surface area (Å²) < 4.78 is 100.0. The number of carbonyl (C=O) groups is 2. The fraction of sp³-hybridized carbons (Fsp3) is 0.156. The van der Waals surface area contributed by atoms with Crippen molar-refractivity contribution in [1.29, 1.82) is 0 Å². The lowest BCUT2D eigenvalue weighted by molar-refractivity contribution is -0.140. The van der Waals surface area contributed by atoms with E-state index in [2.05, 4.69) is 5.32 Å². The van der Waals surface area contributed by atoms with Gasteiger partial charge in [-0.3, -0.25) is 0 Å². The average Bonchev–Trinajstić information content (AvgIpc) is 3.59. The molecule has 58 heavy (non-hydrogen) atoms. The topological polar surface area (TPSA) is 92.3 Å². The first-order valence-corrected chi connectivity index (χ1v) is 17.9. The van der Waals surface area contributed by atoms with Gasteiger partial charge < -0.3 is 29.0 Å². The van der Waals surface area contributed by atoms with Crippen molar-refractivity contribution >= 4 is 12.1 Å². The molecular formula is C45H34F5NO7. The van der Waals surface area contributed by atoms with Crippen molar-refractivity contribution in [3.05, 3.63) is 184 Å². The Morgan fingerprint density at radius 3 is 1.55 bits per heavy atom. The van der Waals surface area contributed by atoms with Crippen LogP contribution in [0.3, 0.4) is 0 Å². The Morgan fingerprint density at radius 2 is 1.05 bits per heavy atom. The number of benzene rings is 6. The van der Waals surface area contributed by atoms with Gasteiger partial charge in [-0.25, -0.2) is 22.8 Å². The van der Waals surface area contributed by atoms with Gasteiger partial charge in [-0.1, -0.05) is 103 Å². The molecule has 1 aliphatic carbocycles. The van der Waals surface area contributed by atoms with Gasteiger partial charge >= 0.3 is 12.1 Å². The number of amides is 1. The normalized spacial score (nSPS) is 12.6. The summed E-state index contributed by atoms with van der Waals surface area (Å²) in [7, 11) is 2.99. The minimum Gasteiger partial charge on any atom is -0.497 e. The van der Waals surface area contributed by atoms with Gasteiger partial charge in [-0.15, -0.1) is 0 Å². The first kappa shape index (κ1) is 39.5. The van der Waals surface area contributed by atoms with E-state index >= 15 is 0 Å². The molecule has 0 radical (unpaired) electrons. The molecule has 0 saturated carbocycles. The number of halogens is 5. The summed E-state index contributed by atoms with van der Waals surface area (Å²) in [5.74, 6) is -14.7. The number of hydrogen-bond acceptors (Lipinski definition) is 7. The zero-order chi connectivity index (χ0) is 41.0. The molecule has 296 valence electrons. The van der Waals surface area contributed by atoms with Crippen LogP contribution in [0.2, 0.25) is 0 Å². The molecule has 6 aromatic rings. The van der Waals surface area contributed by atoms with Crippen LogP contribution in [0.25, 0.3) is 11.1 Å². The van der Waals surface area contributed by atoms with Crippen LogP contribution in [-0.2, 0) is 19.9 Å². The van der Waals surface area contributed by atoms with Gasteiger partial charge in [-0.2, -0.15) is 8.78 Å². The fourth-order valence-electron chi connectivity index (χ4n) is 7.08. The molecule has 0 heterocycles. The molecule has 1 atom stereocenters. The van der Waals surface area contributed by atoms with E-state index in [0.717, 1.165) is 22.3 Å². The highest BCUT2D eigenvalue weighted by Crippen LogP contribution is 2.45. The maximum absolute atomic E-state index is 14.8. The predicted molar refractivity (Wildman–Crippen MR) is 202 cm³/mol. The Balaban J connectivity index is 1.25. The van der Waals surface area contributed by atoms with Crippen LogP contribution in [0, 0.1) is 29.1 Å². The molecule has 0 aliphatic heterocycles. The third-order valence-electron chi connectivity index (χ3n) is 9.93. The molecule has 0 spiro atoms. The Morgan fingerprint density at radius 1 is 0.603 bits per heavy atom. The summed E-state index contributed by atoms with van der Waals surface area (Å²) in [6.45, 7) is -0.975. The van der Waals surface area contributed by atoms with Crippen molar-refractivity contribution in [1.82, 2.24) is 5.32 Å². The zero-order valence-corrected chi connectivity index (χ0v) is 30.9. The number of nitrogens with one attached hydrogen (secondary N) is 1. The van der Waals surface area contributed by atoms with Gasteiger partial charge in [0.15, 0.2) is 6.04 Å². The molecule has 1 amide bonds. The van der Waals surface area contributed by atoms with Crippen molar-refractivity contribution in [2.45, 2.75) is 17.6 Å². The number of esters is 1. The molecule has 6 aromatic carbocycles. The third-order valence-corrected chi connectivity index (χ3v) is 9.93. The van der Waals surface area contributed by atoms with Gasteiger partial charge in [0.2, 0.25) is 34.8 Å². The van der Waals surface area contributed by atoms with Crippen molar-refractivity contribution in [3.63, 3.8) is 0 Å². The van der Waals surface area contributed by atoms with Gasteiger partial charge in [-0.05, 0) is 63.2 Å². The second-order valence-electron chi connectivity index (χ2n) is 13.2. The van der Waals surface area contributed by atoms with Crippen LogP contribution >= 0.6 is 0 Å². The third kappa shape index (κ3) is 7.43. The molecule has 0 aromatic heterocycles. The maximum Gasteiger partial charge on any atom is 0.407 e. The van der Waals surface area contributed by atoms with Gasteiger partial charge in [0.05, 0.1) is 20.8 Å². The highest BCUT2D eigenvalue weighted by molar-refractivity contribution is 5.83.